The van der Waals surface area contributed by atoms with Gasteiger partial charge in [0, 0.05) is 36.7 Å². The van der Waals surface area contributed by atoms with Crippen LogP contribution in [0, 0.1) is 5.82 Å². The van der Waals surface area contributed by atoms with Gasteiger partial charge in [-0.2, -0.15) is 0 Å². The van der Waals surface area contributed by atoms with Crippen LogP contribution in [0.2, 0.25) is 5.15 Å². The van der Waals surface area contributed by atoms with Crippen LogP contribution < -0.4 is 10.1 Å². The van der Waals surface area contributed by atoms with Gasteiger partial charge in [0.1, 0.15) is 29.2 Å². The predicted octanol–water partition coefficient (Wildman–Crippen LogP) is 5.96. The van der Waals surface area contributed by atoms with E-state index < -0.39 is 0 Å². The molecule has 0 fully saturated rings. The van der Waals surface area contributed by atoms with Crippen LogP contribution in [0.3, 0.4) is 0 Å². The fraction of sp³-hybridized carbons (Fsp3) is 0.185. The van der Waals surface area contributed by atoms with Gasteiger partial charge in [0.05, 0.1) is 28.6 Å². The number of nitrogens with one attached hydrogen (secondary N) is 1. The molecule has 1 atom stereocenters. The summed E-state index contributed by atoms with van der Waals surface area (Å²) in [4.78, 5) is 18.3. The number of aromatic nitrogens is 5. The van der Waals surface area contributed by atoms with Crippen LogP contribution in [0.25, 0.3) is 33.5 Å². The Kier molecular flexibility index (Phi) is 5.73. The lowest BCUT2D eigenvalue weighted by Crippen LogP contribution is -2.15. The number of para-hydroxylation sites is 1. The molecular formula is C27H22ClFN6O. The van der Waals surface area contributed by atoms with Crippen LogP contribution >= 0.6 is 11.6 Å². The molecule has 6 rings (SSSR count). The summed E-state index contributed by atoms with van der Waals surface area (Å²) in [6, 6.07) is 17.8. The molecule has 180 valence electrons. The maximum Gasteiger partial charge on any atom is 0.222 e. The topological polar surface area (TPSA) is 77.8 Å². The van der Waals surface area contributed by atoms with Crippen molar-refractivity contribution >= 4 is 28.5 Å². The molecule has 1 N–H and O–H groups in total. The molecule has 0 radical (unpaired) electrons. The monoisotopic (exact) mass is 500 g/mol. The molecule has 5 aromatic rings. The van der Waals surface area contributed by atoms with Gasteiger partial charge < -0.3 is 14.6 Å². The van der Waals surface area contributed by atoms with Gasteiger partial charge in [-0.15, -0.1) is 0 Å². The van der Waals surface area contributed by atoms with Gasteiger partial charge in [0.25, 0.3) is 0 Å². The number of fused-ring (bicyclic) bond motifs is 2. The van der Waals surface area contributed by atoms with Gasteiger partial charge in [-0.3, -0.25) is 0 Å². The Labute approximate surface area is 212 Å². The van der Waals surface area contributed by atoms with Crippen molar-refractivity contribution in [2.45, 2.75) is 18.9 Å². The molecule has 7 nitrogen and oxygen atoms in total. The number of aryl methyl sites for hydroxylation is 1. The Morgan fingerprint density at radius 2 is 1.92 bits per heavy atom. The minimum Gasteiger partial charge on any atom is -0.491 e. The summed E-state index contributed by atoms with van der Waals surface area (Å²) in [6.07, 6.45) is 3.39. The number of imidazole rings is 1. The fourth-order valence-corrected chi connectivity index (χ4v) is 4.90. The summed E-state index contributed by atoms with van der Waals surface area (Å²) in [5.74, 6) is 1.86. The highest BCUT2D eigenvalue weighted by molar-refractivity contribution is 6.30. The van der Waals surface area contributed by atoms with Crippen molar-refractivity contribution in [1.29, 1.82) is 0 Å². The molecule has 1 unspecified atom stereocenters. The third-order valence-corrected chi connectivity index (χ3v) is 6.56. The van der Waals surface area contributed by atoms with Crippen LogP contribution in [-0.4, -0.2) is 38.2 Å². The van der Waals surface area contributed by atoms with Crippen LogP contribution in [0.4, 0.5) is 10.3 Å². The zero-order valence-electron chi connectivity index (χ0n) is 19.4. The van der Waals surface area contributed by atoms with Crippen molar-refractivity contribution in [3.05, 3.63) is 83.7 Å². The number of hydrogen-bond donors (Lipinski definition) is 1. The van der Waals surface area contributed by atoms with Crippen molar-refractivity contribution in [1.82, 2.24) is 24.5 Å². The van der Waals surface area contributed by atoms with E-state index in [0.717, 1.165) is 52.2 Å². The number of rotatable bonds is 6. The number of pyridine rings is 1. The Morgan fingerprint density at radius 3 is 2.75 bits per heavy atom. The average Bonchev–Trinajstić information content (AvgIpc) is 3.47. The van der Waals surface area contributed by atoms with Gasteiger partial charge >= 0.3 is 0 Å². The van der Waals surface area contributed by atoms with Gasteiger partial charge in [-0.05, 0) is 48.9 Å². The molecule has 1 aliphatic rings. The van der Waals surface area contributed by atoms with E-state index in [1.807, 2.05) is 30.3 Å². The average molecular weight is 501 g/mol. The highest BCUT2D eigenvalue weighted by Gasteiger charge is 2.31. The predicted molar refractivity (Wildman–Crippen MR) is 138 cm³/mol. The summed E-state index contributed by atoms with van der Waals surface area (Å²) >= 11 is 6.26. The van der Waals surface area contributed by atoms with E-state index in [4.69, 9.17) is 26.3 Å². The molecule has 0 saturated carbocycles. The first-order valence-corrected chi connectivity index (χ1v) is 12.0. The minimum atomic E-state index is -0.291. The van der Waals surface area contributed by atoms with Crippen LogP contribution in [-0.2, 0) is 6.42 Å². The summed E-state index contributed by atoms with van der Waals surface area (Å²) in [5, 5.41) is 4.30. The summed E-state index contributed by atoms with van der Waals surface area (Å²) in [7, 11) is 1.78. The first-order chi connectivity index (χ1) is 17.6. The largest absolute Gasteiger partial charge is 0.491 e. The van der Waals surface area contributed by atoms with Gasteiger partial charge in [0.2, 0.25) is 5.95 Å². The highest BCUT2D eigenvalue weighted by Crippen LogP contribution is 2.40. The first kappa shape index (κ1) is 22.4. The molecular weight excluding hydrogens is 479 g/mol. The second kappa shape index (κ2) is 9.20. The van der Waals surface area contributed by atoms with E-state index in [2.05, 4.69) is 19.9 Å². The summed E-state index contributed by atoms with van der Waals surface area (Å²) in [5.41, 5.74) is 3.96. The lowest BCUT2D eigenvalue weighted by atomic mass is 10.1. The van der Waals surface area contributed by atoms with E-state index in [0.29, 0.717) is 23.5 Å². The van der Waals surface area contributed by atoms with Crippen molar-refractivity contribution in [2.24, 2.45) is 0 Å². The van der Waals surface area contributed by atoms with Crippen molar-refractivity contribution in [3.63, 3.8) is 0 Å². The molecule has 0 amide bonds. The molecule has 0 aliphatic carbocycles. The SMILES string of the molecule is CNc1nccc(-c2c(-c3ccc(F)cc3)nc3n2C(COc2cc(Cl)nc4ccccc24)CC3)n1. The molecule has 2 aromatic carbocycles. The van der Waals surface area contributed by atoms with Gasteiger partial charge in [0.15, 0.2) is 0 Å². The molecule has 0 spiro atoms. The molecule has 9 heteroatoms. The zero-order chi connectivity index (χ0) is 24.6. The Bertz CT molecular complexity index is 1570. The maximum atomic E-state index is 13.7. The number of hydrogen-bond acceptors (Lipinski definition) is 6. The number of nitrogens with zero attached hydrogens (tertiary/aromatic N) is 5. The van der Waals surface area contributed by atoms with Gasteiger partial charge in [-0.25, -0.2) is 24.3 Å². The molecule has 3 aromatic heterocycles. The second-order valence-corrected chi connectivity index (χ2v) is 8.97. The number of benzene rings is 2. The van der Waals surface area contributed by atoms with E-state index in [9.17, 15) is 4.39 Å². The molecule has 36 heavy (non-hydrogen) atoms. The van der Waals surface area contributed by atoms with Crippen LogP contribution in [0.1, 0.15) is 18.3 Å². The maximum absolute atomic E-state index is 13.7. The van der Waals surface area contributed by atoms with Crippen molar-refractivity contribution in [3.8, 4) is 28.4 Å². The Morgan fingerprint density at radius 1 is 1.08 bits per heavy atom. The number of anilines is 1. The molecule has 1 aliphatic heterocycles. The number of halogens is 2. The lowest BCUT2D eigenvalue weighted by Gasteiger charge is -2.19. The van der Waals surface area contributed by atoms with Crippen LogP contribution in [0.5, 0.6) is 5.75 Å². The third kappa shape index (κ3) is 4.03. The van der Waals surface area contributed by atoms with Crippen molar-refractivity contribution in [2.75, 3.05) is 19.0 Å². The molecule has 0 saturated heterocycles. The minimum absolute atomic E-state index is 0.0235. The Hall–Kier alpha value is -4.04. The van der Waals surface area contributed by atoms with Gasteiger partial charge in [-0.1, -0.05) is 23.7 Å². The highest BCUT2D eigenvalue weighted by atomic mass is 35.5. The fourth-order valence-electron chi connectivity index (χ4n) is 4.71. The smallest absolute Gasteiger partial charge is 0.222 e. The van der Waals surface area contributed by atoms with Crippen molar-refractivity contribution < 1.29 is 9.13 Å². The lowest BCUT2D eigenvalue weighted by molar-refractivity contribution is 0.258. The molecule has 0 bridgehead atoms. The quantitative estimate of drug-likeness (QED) is 0.290. The van der Waals surface area contributed by atoms with E-state index in [1.165, 1.54) is 12.1 Å². The summed E-state index contributed by atoms with van der Waals surface area (Å²) in [6.45, 7) is 0.424. The first-order valence-electron chi connectivity index (χ1n) is 11.7. The molecule has 4 heterocycles. The zero-order valence-corrected chi connectivity index (χ0v) is 20.2. The normalized spacial score (nSPS) is 14.7. The second-order valence-electron chi connectivity index (χ2n) is 8.58. The summed E-state index contributed by atoms with van der Waals surface area (Å²) < 4.78 is 22.2. The van der Waals surface area contributed by atoms with E-state index in [-0.39, 0.29) is 11.9 Å². The third-order valence-electron chi connectivity index (χ3n) is 6.37. The standard InChI is InChI=1S/C27H22ClFN6O/c1-30-27-31-13-12-21(33-27)26-25(16-6-8-17(29)9-7-16)34-24-11-10-18(35(24)26)15-36-22-14-23(28)32-20-5-3-2-4-19(20)22/h2-9,12-14,18H,10-11,15H2,1H3,(H,30,31,33). The van der Waals surface area contributed by atoms with E-state index >= 15 is 0 Å². The van der Waals surface area contributed by atoms with E-state index in [1.54, 1.807) is 31.4 Å². The number of ether oxygens (including phenoxy) is 1. The van der Waals surface area contributed by atoms with Crippen LogP contribution in [0.15, 0.2) is 66.9 Å². The Balaban J connectivity index is 1.42.